The molecule has 18 heavy (non-hydrogen) atoms. The average Bonchev–Trinajstić information content (AvgIpc) is 2.72. The molecule has 2 rings (SSSR count). The Balaban J connectivity index is 2.36. The molecule has 0 unspecified atom stereocenters. The minimum Gasteiger partial charge on any atom is -0.372 e. The van der Waals surface area contributed by atoms with E-state index in [4.69, 9.17) is 18.0 Å². The number of nitrogens with two attached hydrogens (primary N) is 1. The van der Waals surface area contributed by atoms with Gasteiger partial charge in [0.15, 0.2) is 0 Å². The Kier molecular flexibility index (Phi) is 3.66. The normalized spacial score (nSPS) is 10.6. The fourth-order valence-electron chi connectivity index (χ4n) is 1.96. The highest BCUT2D eigenvalue weighted by atomic mass is 32.1. The number of aromatic nitrogens is 3. The van der Waals surface area contributed by atoms with Crippen molar-refractivity contribution in [2.45, 2.75) is 13.8 Å². The summed E-state index contributed by atoms with van der Waals surface area (Å²) in [5.41, 5.74) is 7.88. The quantitative estimate of drug-likeness (QED) is 0.831. The van der Waals surface area contributed by atoms with E-state index in [0.717, 1.165) is 18.8 Å². The second-order valence-electron chi connectivity index (χ2n) is 3.91. The first kappa shape index (κ1) is 12.6. The van der Waals surface area contributed by atoms with Gasteiger partial charge >= 0.3 is 0 Å². The first-order chi connectivity index (χ1) is 8.67. The van der Waals surface area contributed by atoms with Gasteiger partial charge in [0, 0.05) is 18.8 Å². The lowest BCUT2D eigenvalue weighted by atomic mass is 10.2. The van der Waals surface area contributed by atoms with Gasteiger partial charge in [0.1, 0.15) is 0 Å². The summed E-state index contributed by atoms with van der Waals surface area (Å²) >= 11 is 5.14. The third kappa shape index (κ3) is 2.24. The fraction of sp³-hybridized carbons (Fsp3) is 0.333. The number of nitrogens with zero attached hydrogens (tertiary/aromatic N) is 3. The van der Waals surface area contributed by atoms with E-state index in [1.807, 2.05) is 12.1 Å². The van der Waals surface area contributed by atoms with E-state index in [2.05, 4.69) is 41.1 Å². The molecule has 3 N–H and O–H groups in total. The number of nitrogen functional groups attached to an aromatic ring is 1. The van der Waals surface area contributed by atoms with Crippen LogP contribution in [0.5, 0.6) is 0 Å². The van der Waals surface area contributed by atoms with Crippen LogP contribution < -0.4 is 10.6 Å². The van der Waals surface area contributed by atoms with Gasteiger partial charge in [-0.15, -0.1) is 5.10 Å². The summed E-state index contributed by atoms with van der Waals surface area (Å²) < 4.78 is 2.21. The Morgan fingerprint density at radius 1 is 1.28 bits per heavy atom. The fourth-order valence-corrected chi connectivity index (χ4v) is 2.20. The first-order valence-electron chi connectivity index (χ1n) is 5.95. The molecular weight excluding hydrogens is 246 g/mol. The van der Waals surface area contributed by atoms with Crippen molar-refractivity contribution in [2.75, 3.05) is 23.7 Å². The summed E-state index contributed by atoms with van der Waals surface area (Å²) in [6.45, 7) is 6.26. The molecule has 96 valence electrons. The molecule has 0 aliphatic rings. The van der Waals surface area contributed by atoms with E-state index in [1.54, 1.807) is 4.57 Å². The molecule has 0 amide bonds. The Hall–Kier alpha value is -1.82. The number of rotatable bonds is 4. The second kappa shape index (κ2) is 5.22. The highest BCUT2D eigenvalue weighted by Gasteiger charge is 2.06. The van der Waals surface area contributed by atoms with Gasteiger partial charge in [0.25, 0.3) is 0 Å². The van der Waals surface area contributed by atoms with Crippen molar-refractivity contribution in [3.05, 3.63) is 29.0 Å². The molecule has 0 atom stereocenters. The Labute approximate surface area is 111 Å². The molecular formula is C12H17N5S. The second-order valence-corrected chi connectivity index (χ2v) is 4.30. The molecule has 6 heteroatoms. The standard InChI is InChI=1S/C12H17N5S/c1-3-16(4-2)9-5-7-10(8-6-9)17-11(13)14-15-12(17)18/h5-8H,3-4H2,1-2H3,(H2,13,14)(H,15,18). The van der Waals surface area contributed by atoms with Crippen molar-refractivity contribution >= 4 is 23.9 Å². The maximum Gasteiger partial charge on any atom is 0.225 e. The molecule has 1 aromatic heterocycles. The van der Waals surface area contributed by atoms with Gasteiger partial charge < -0.3 is 10.6 Å². The number of H-pyrrole nitrogens is 1. The first-order valence-corrected chi connectivity index (χ1v) is 6.36. The molecule has 0 aliphatic heterocycles. The van der Waals surface area contributed by atoms with E-state index >= 15 is 0 Å². The van der Waals surface area contributed by atoms with Crippen LogP contribution in [-0.4, -0.2) is 27.9 Å². The SMILES string of the molecule is CCN(CC)c1ccc(-n2c(N)n[nH]c2=S)cc1. The Morgan fingerprint density at radius 2 is 1.89 bits per heavy atom. The van der Waals surface area contributed by atoms with Crippen LogP contribution in [0.4, 0.5) is 11.6 Å². The van der Waals surface area contributed by atoms with Crippen molar-refractivity contribution in [1.29, 1.82) is 0 Å². The molecule has 0 saturated heterocycles. The van der Waals surface area contributed by atoms with Crippen LogP contribution in [-0.2, 0) is 0 Å². The van der Waals surface area contributed by atoms with Gasteiger partial charge in [-0.25, -0.2) is 5.10 Å². The lowest BCUT2D eigenvalue weighted by molar-refractivity contribution is 0.865. The van der Waals surface area contributed by atoms with E-state index in [0.29, 0.717) is 10.7 Å². The van der Waals surface area contributed by atoms with E-state index in [9.17, 15) is 0 Å². The third-order valence-corrected chi connectivity index (χ3v) is 3.21. The number of hydrogen-bond acceptors (Lipinski definition) is 4. The predicted molar refractivity (Wildman–Crippen MR) is 76.7 cm³/mol. The number of benzene rings is 1. The van der Waals surface area contributed by atoms with E-state index in [1.165, 1.54) is 5.69 Å². The number of hydrogen-bond donors (Lipinski definition) is 2. The van der Waals surface area contributed by atoms with Gasteiger partial charge in [0.05, 0.1) is 5.69 Å². The molecule has 5 nitrogen and oxygen atoms in total. The summed E-state index contributed by atoms with van der Waals surface area (Å²) in [6.07, 6.45) is 0. The summed E-state index contributed by atoms with van der Waals surface area (Å²) in [7, 11) is 0. The molecule has 1 aromatic carbocycles. The molecule has 0 saturated carbocycles. The zero-order valence-electron chi connectivity index (χ0n) is 10.6. The van der Waals surface area contributed by atoms with Crippen LogP contribution in [0.3, 0.4) is 0 Å². The molecule has 1 heterocycles. The van der Waals surface area contributed by atoms with E-state index in [-0.39, 0.29) is 0 Å². The maximum absolute atomic E-state index is 5.77. The molecule has 0 radical (unpaired) electrons. The Bertz CT molecular complexity index is 565. The van der Waals surface area contributed by atoms with Crippen LogP contribution in [0.25, 0.3) is 5.69 Å². The van der Waals surface area contributed by atoms with Gasteiger partial charge in [-0.05, 0) is 50.3 Å². The number of nitrogens with one attached hydrogen (secondary N) is 1. The summed E-state index contributed by atoms with van der Waals surface area (Å²) in [4.78, 5) is 2.28. The van der Waals surface area contributed by atoms with Gasteiger partial charge in [-0.2, -0.15) is 0 Å². The maximum atomic E-state index is 5.77. The van der Waals surface area contributed by atoms with Gasteiger partial charge in [-0.1, -0.05) is 0 Å². The lowest BCUT2D eigenvalue weighted by Crippen LogP contribution is -2.21. The third-order valence-electron chi connectivity index (χ3n) is 2.93. The van der Waals surface area contributed by atoms with Crippen LogP contribution in [0, 0.1) is 4.77 Å². The Morgan fingerprint density at radius 3 is 2.33 bits per heavy atom. The van der Waals surface area contributed by atoms with Crippen LogP contribution in [0.15, 0.2) is 24.3 Å². The lowest BCUT2D eigenvalue weighted by Gasteiger charge is -2.21. The minimum absolute atomic E-state index is 0.371. The number of anilines is 2. The topological polar surface area (TPSA) is 62.9 Å². The molecule has 2 aromatic rings. The molecule has 0 bridgehead atoms. The zero-order valence-corrected chi connectivity index (χ0v) is 11.4. The van der Waals surface area contributed by atoms with Crippen molar-refractivity contribution < 1.29 is 0 Å². The molecule has 0 aliphatic carbocycles. The monoisotopic (exact) mass is 263 g/mol. The number of aromatic amines is 1. The van der Waals surface area contributed by atoms with Crippen LogP contribution in [0.1, 0.15) is 13.8 Å². The predicted octanol–water partition coefficient (Wildman–Crippen LogP) is 2.36. The molecule has 0 fully saturated rings. The van der Waals surface area contributed by atoms with Crippen molar-refractivity contribution in [3.63, 3.8) is 0 Å². The summed E-state index contributed by atoms with van der Waals surface area (Å²) in [5, 5.41) is 6.57. The zero-order chi connectivity index (χ0) is 13.1. The van der Waals surface area contributed by atoms with Crippen LogP contribution in [0.2, 0.25) is 0 Å². The summed E-state index contributed by atoms with van der Waals surface area (Å²) in [5.74, 6) is 0.371. The molecule has 0 spiro atoms. The van der Waals surface area contributed by atoms with Crippen LogP contribution >= 0.6 is 12.2 Å². The highest BCUT2D eigenvalue weighted by Crippen LogP contribution is 2.18. The summed E-state index contributed by atoms with van der Waals surface area (Å²) in [6, 6.07) is 8.12. The highest BCUT2D eigenvalue weighted by molar-refractivity contribution is 7.71. The average molecular weight is 263 g/mol. The van der Waals surface area contributed by atoms with Crippen molar-refractivity contribution in [1.82, 2.24) is 14.8 Å². The van der Waals surface area contributed by atoms with E-state index < -0.39 is 0 Å². The van der Waals surface area contributed by atoms with Crippen molar-refractivity contribution in [2.24, 2.45) is 0 Å². The largest absolute Gasteiger partial charge is 0.372 e. The van der Waals surface area contributed by atoms with Gasteiger partial charge in [-0.3, -0.25) is 4.57 Å². The van der Waals surface area contributed by atoms with Crippen molar-refractivity contribution in [3.8, 4) is 5.69 Å². The minimum atomic E-state index is 0.371. The van der Waals surface area contributed by atoms with Gasteiger partial charge in [0.2, 0.25) is 10.7 Å². The smallest absolute Gasteiger partial charge is 0.225 e.